The normalized spacial score (nSPS) is 14.7. The topological polar surface area (TPSA) is 141 Å². The van der Waals surface area contributed by atoms with Gasteiger partial charge < -0.3 is 28.9 Å². The van der Waals surface area contributed by atoms with E-state index in [4.69, 9.17) is 18.6 Å². The monoisotopic (exact) mass is 595 g/mol. The van der Waals surface area contributed by atoms with E-state index in [-0.39, 0.29) is 24.2 Å². The third kappa shape index (κ3) is 6.41. The Balaban J connectivity index is 1.18. The van der Waals surface area contributed by atoms with E-state index in [0.717, 1.165) is 40.7 Å². The van der Waals surface area contributed by atoms with Crippen molar-refractivity contribution >= 4 is 22.6 Å². The molecule has 0 bridgehead atoms. The van der Waals surface area contributed by atoms with Crippen molar-refractivity contribution in [2.45, 2.75) is 51.2 Å². The Labute approximate surface area is 254 Å². The molecule has 6 rings (SSSR count). The van der Waals surface area contributed by atoms with E-state index in [9.17, 15) is 9.59 Å². The fourth-order valence-corrected chi connectivity index (χ4v) is 5.25. The van der Waals surface area contributed by atoms with Crippen LogP contribution >= 0.6 is 0 Å². The van der Waals surface area contributed by atoms with Crippen LogP contribution in [0.1, 0.15) is 60.3 Å². The molecule has 1 aliphatic rings. The highest BCUT2D eigenvalue weighted by atomic mass is 16.6. The van der Waals surface area contributed by atoms with Crippen LogP contribution in [0.3, 0.4) is 0 Å². The lowest BCUT2D eigenvalue weighted by molar-refractivity contribution is -0.131. The first kappa shape index (κ1) is 28.9. The van der Waals surface area contributed by atoms with E-state index < -0.39 is 12.1 Å². The number of ketones is 1. The number of aromatic nitrogens is 4. The molecule has 11 heteroatoms. The number of aryl methyl sites for hydroxylation is 1. The summed E-state index contributed by atoms with van der Waals surface area (Å²) in [7, 11) is 1.62. The van der Waals surface area contributed by atoms with Gasteiger partial charge in [0.05, 0.1) is 36.8 Å². The number of aromatic amines is 1. The molecule has 4 heterocycles. The van der Waals surface area contributed by atoms with Gasteiger partial charge in [0.15, 0.2) is 11.5 Å². The fourth-order valence-electron chi connectivity index (χ4n) is 5.25. The summed E-state index contributed by atoms with van der Waals surface area (Å²) in [5.41, 5.74) is 3.35. The van der Waals surface area contributed by atoms with Crippen molar-refractivity contribution in [2.75, 3.05) is 13.7 Å². The van der Waals surface area contributed by atoms with E-state index in [1.165, 1.54) is 12.5 Å². The van der Waals surface area contributed by atoms with Crippen molar-refractivity contribution in [3.05, 3.63) is 84.6 Å². The summed E-state index contributed by atoms with van der Waals surface area (Å²) in [5.74, 6) is 2.10. The number of Topliss-reactive ketones (excluding diaryl/α,β-unsaturated/α-hetero) is 1. The fraction of sp³-hybridized carbons (Fsp3) is 0.303. The molecule has 2 atom stereocenters. The number of pyridine rings is 1. The van der Waals surface area contributed by atoms with Crippen LogP contribution in [0.15, 0.2) is 71.6 Å². The van der Waals surface area contributed by atoms with Crippen LogP contribution in [0.5, 0.6) is 17.2 Å². The van der Waals surface area contributed by atoms with Crippen molar-refractivity contribution in [2.24, 2.45) is 0 Å². The third-order valence-corrected chi connectivity index (χ3v) is 7.55. The average molecular weight is 596 g/mol. The van der Waals surface area contributed by atoms with Crippen LogP contribution in [0.25, 0.3) is 22.2 Å². The molecule has 2 aromatic carbocycles. The summed E-state index contributed by atoms with van der Waals surface area (Å²) in [6.07, 6.45) is 6.90. The number of ether oxygens (including phenoxy) is 3. The number of carbonyl (C=O) groups is 2. The van der Waals surface area contributed by atoms with Crippen molar-refractivity contribution in [3.63, 3.8) is 0 Å². The first-order valence-electron chi connectivity index (χ1n) is 14.6. The number of carbonyl (C=O) groups excluding carboxylic acids is 2. The molecule has 1 amide bonds. The van der Waals surface area contributed by atoms with E-state index >= 15 is 0 Å². The van der Waals surface area contributed by atoms with Gasteiger partial charge in [-0.2, -0.15) is 0 Å². The van der Waals surface area contributed by atoms with Crippen LogP contribution in [0.2, 0.25) is 0 Å². The van der Waals surface area contributed by atoms with Crippen molar-refractivity contribution in [1.29, 1.82) is 0 Å². The standard InChI is InChI=1S/C33H33N5O6/c1-20-12-13-21-16-22(29(41-2)17-24(21)36-20)25-18-35-31(37-25)23(8-4-3-5-9-26(39)33-34-14-15-42-33)38-32(40)30-19-43-27-10-6-7-11-28(27)44-30/h6-7,10-18,23,30H,3-5,8-9,19H2,1-2H3,(H,35,37)(H,38,40)/t23-,30?/m0/s1. The van der Waals surface area contributed by atoms with Gasteiger partial charge in [-0.15, -0.1) is 0 Å². The molecule has 1 aliphatic heterocycles. The van der Waals surface area contributed by atoms with Gasteiger partial charge in [-0.05, 0) is 44.0 Å². The highest BCUT2D eigenvalue weighted by molar-refractivity contribution is 5.91. The van der Waals surface area contributed by atoms with Crippen LogP contribution in [-0.2, 0) is 4.79 Å². The molecule has 0 fully saturated rings. The Morgan fingerprint density at radius 2 is 1.95 bits per heavy atom. The zero-order chi connectivity index (χ0) is 30.5. The summed E-state index contributed by atoms with van der Waals surface area (Å²) in [6.45, 7) is 2.05. The SMILES string of the molecule is COc1cc2nc(C)ccc2cc1-c1cnc([C@H](CCCCCC(=O)c2ncco2)NC(=O)C2COc3ccccc3O2)[nH]1. The Kier molecular flexibility index (Phi) is 8.53. The number of fused-ring (bicyclic) bond motifs is 2. The quantitative estimate of drug-likeness (QED) is 0.136. The summed E-state index contributed by atoms with van der Waals surface area (Å²) < 4.78 is 22.5. The van der Waals surface area contributed by atoms with Gasteiger partial charge in [-0.3, -0.25) is 14.6 Å². The minimum atomic E-state index is -0.809. The predicted molar refractivity (Wildman–Crippen MR) is 162 cm³/mol. The number of nitrogens with one attached hydrogen (secondary N) is 2. The maximum atomic E-state index is 13.4. The molecule has 0 aliphatic carbocycles. The maximum absolute atomic E-state index is 13.4. The Morgan fingerprint density at radius 1 is 1.09 bits per heavy atom. The average Bonchev–Trinajstić information content (AvgIpc) is 3.76. The molecule has 2 N–H and O–H groups in total. The largest absolute Gasteiger partial charge is 0.496 e. The van der Waals surface area contributed by atoms with Crippen molar-refractivity contribution in [1.82, 2.24) is 25.3 Å². The van der Waals surface area contributed by atoms with Crippen molar-refractivity contribution in [3.8, 4) is 28.5 Å². The lowest BCUT2D eigenvalue weighted by Gasteiger charge is -2.27. The number of imidazole rings is 1. The predicted octanol–water partition coefficient (Wildman–Crippen LogP) is 5.76. The van der Waals surface area contributed by atoms with Gasteiger partial charge in [0.2, 0.25) is 11.9 Å². The number of H-pyrrole nitrogens is 1. The molecule has 226 valence electrons. The van der Waals surface area contributed by atoms with Gasteiger partial charge in [0.25, 0.3) is 11.8 Å². The molecule has 11 nitrogen and oxygen atoms in total. The number of para-hydroxylation sites is 2. The zero-order valence-corrected chi connectivity index (χ0v) is 24.5. The molecule has 0 radical (unpaired) electrons. The number of hydrogen-bond donors (Lipinski definition) is 2. The van der Waals surface area contributed by atoms with Crippen LogP contribution in [0.4, 0.5) is 0 Å². The molecular formula is C33H33N5O6. The lowest BCUT2D eigenvalue weighted by Crippen LogP contribution is -2.45. The number of unbranched alkanes of at least 4 members (excludes halogenated alkanes) is 2. The zero-order valence-electron chi connectivity index (χ0n) is 24.5. The number of rotatable bonds is 12. The second kappa shape index (κ2) is 13.0. The van der Waals surface area contributed by atoms with Gasteiger partial charge in [-0.25, -0.2) is 9.97 Å². The number of oxazole rings is 1. The second-order valence-electron chi connectivity index (χ2n) is 10.7. The highest BCUT2D eigenvalue weighted by Gasteiger charge is 2.30. The summed E-state index contributed by atoms with van der Waals surface area (Å²) in [4.78, 5) is 42.3. The Bertz CT molecular complexity index is 1770. The smallest absolute Gasteiger partial charge is 0.265 e. The molecule has 5 aromatic rings. The molecule has 44 heavy (non-hydrogen) atoms. The van der Waals surface area contributed by atoms with Gasteiger partial charge in [0.1, 0.15) is 24.4 Å². The Hall–Kier alpha value is -5.19. The molecule has 0 saturated heterocycles. The number of amides is 1. The molecule has 3 aromatic heterocycles. The summed E-state index contributed by atoms with van der Waals surface area (Å²) in [5, 5.41) is 4.09. The minimum Gasteiger partial charge on any atom is -0.496 e. The number of methoxy groups -OCH3 is 1. The number of benzene rings is 2. The second-order valence-corrected chi connectivity index (χ2v) is 10.7. The van der Waals surface area contributed by atoms with Crippen LogP contribution < -0.4 is 19.5 Å². The van der Waals surface area contributed by atoms with Gasteiger partial charge in [-0.1, -0.05) is 31.0 Å². The molecular weight excluding hydrogens is 562 g/mol. The van der Waals surface area contributed by atoms with Crippen LogP contribution in [-0.4, -0.2) is 51.4 Å². The summed E-state index contributed by atoms with van der Waals surface area (Å²) in [6, 6.07) is 14.8. The van der Waals surface area contributed by atoms with E-state index in [1.807, 2.05) is 49.4 Å². The van der Waals surface area contributed by atoms with E-state index in [2.05, 4.69) is 25.3 Å². The maximum Gasteiger partial charge on any atom is 0.265 e. The van der Waals surface area contributed by atoms with Crippen molar-refractivity contribution < 1.29 is 28.2 Å². The first-order chi connectivity index (χ1) is 21.5. The highest BCUT2D eigenvalue weighted by Crippen LogP contribution is 2.34. The van der Waals surface area contributed by atoms with E-state index in [0.29, 0.717) is 42.3 Å². The van der Waals surface area contributed by atoms with Crippen LogP contribution in [0, 0.1) is 6.92 Å². The lowest BCUT2D eigenvalue weighted by atomic mass is 10.0. The number of nitrogens with zero attached hydrogens (tertiary/aromatic N) is 3. The number of hydrogen-bond acceptors (Lipinski definition) is 9. The van der Waals surface area contributed by atoms with Gasteiger partial charge in [0, 0.05) is 29.1 Å². The minimum absolute atomic E-state index is 0.101. The third-order valence-electron chi connectivity index (χ3n) is 7.55. The van der Waals surface area contributed by atoms with Gasteiger partial charge >= 0.3 is 0 Å². The summed E-state index contributed by atoms with van der Waals surface area (Å²) >= 11 is 0. The molecule has 1 unspecified atom stereocenters. The molecule has 0 spiro atoms. The molecule has 0 saturated carbocycles. The first-order valence-corrected chi connectivity index (χ1v) is 14.6. The van der Waals surface area contributed by atoms with E-state index in [1.54, 1.807) is 19.4 Å². The Morgan fingerprint density at radius 3 is 2.77 bits per heavy atom.